The highest BCUT2D eigenvalue weighted by Gasteiger charge is 2.26. The van der Waals surface area contributed by atoms with Crippen LogP contribution >= 0.6 is 11.6 Å². The summed E-state index contributed by atoms with van der Waals surface area (Å²) in [4.78, 5) is 0.355. The van der Waals surface area contributed by atoms with Crippen molar-refractivity contribution in [1.29, 1.82) is 0 Å². The molecule has 2 unspecified atom stereocenters. The van der Waals surface area contributed by atoms with E-state index in [1.54, 1.807) is 12.1 Å². The summed E-state index contributed by atoms with van der Waals surface area (Å²) in [6.07, 6.45) is 4.72. The molecule has 0 aliphatic heterocycles. The zero-order valence-electron chi connectivity index (χ0n) is 10.4. The van der Waals surface area contributed by atoms with Crippen molar-refractivity contribution in [3.05, 3.63) is 24.3 Å². The second kappa shape index (κ2) is 5.49. The van der Waals surface area contributed by atoms with Gasteiger partial charge < -0.3 is 5.32 Å². The molecule has 1 N–H and O–H groups in total. The van der Waals surface area contributed by atoms with E-state index in [1.807, 2.05) is 12.1 Å². The van der Waals surface area contributed by atoms with Crippen LogP contribution in [-0.2, 0) is 9.84 Å². The summed E-state index contributed by atoms with van der Waals surface area (Å²) in [6, 6.07) is 7.33. The Hall–Kier alpha value is -0.740. The standard InChI is InChI=1S/C13H18ClNO2S/c1-18(16,17)12-7-5-11(6-8-12)15-13-4-2-3-10(13)9-14/h5-8,10,13,15H,2-4,9H2,1H3. The van der Waals surface area contributed by atoms with Crippen LogP contribution in [0.3, 0.4) is 0 Å². The maximum atomic E-state index is 11.3. The first-order valence-corrected chi connectivity index (χ1v) is 8.56. The van der Waals surface area contributed by atoms with E-state index >= 15 is 0 Å². The van der Waals surface area contributed by atoms with Crippen molar-refractivity contribution in [2.75, 3.05) is 17.5 Å². The maximum Gasteiger partial charge on any atom is 0.175 e. The molecule has 1 aromatic carbocycles. The van der Waals surface area contributed by atoms with Gasteiger partial charge in [0.05, 0.1) is 4.90 Å². The number of nitrogens with one attached hydrogen (secondary N) is 1. The first-order chi connectivity index (χ1) is 8.50. The summed E-state index contributed by atoms with van der Waals surface area (Å²) in [7, 11) is -3.11. The van der Waals surface area contributed by atoms with Gasteiger partial charge in [0, 0.05) is 23.9 Å². The predicted molar refractivity (Wildman–Crippen MR) is 75.0 cm³/mol. The highest BCUT2D eigenvalue weighted by Crippen LogP contribution is 2.29. The van der Waals surface area contributed by atoms with Crippen LogP contribution in [-0.4, -0.2) is 26.6 Å². The molecule has 2 rings (SSSR count). The second-order valence-electron chi connectivity index (χ2n) is 4.89. The fourth-order valence-corrected chi connectivity index (χ4v) is 3.42. The van der Waals surface area contributed by atoms with Crippen LogP contribution in [0.2, 0.25) is 0 Å². The Bertz CT molecular complexity index is 498. The number of hydrogen-bond donors (Lipinski definition) is 1. The normalized spacial score (nSPS) is 24.1. The summed E-state index contributed by atoms with van der Waals surface area (Å²) >= 11 is 5.93. The number of rotatable bonds is 4. The van der Waals surface area contributed by atoms with Crippen LogP contribution < -0.4 is 5.32 Å². The van der Waals surface area contributed by atoms with Gasteiger partial charge in [-0.05, 0) is 43.0 Å². The predicted octanol–water partition coefficient (Wildman–Crippen LogP) is 2.91. The number of anilines is 1. The lowest BCUT2D eigenvalue weighted by atomic mass is 10.1. The number of hydrogen-bond acceptors (Lipinski definition) is 3. The fraction of sp³-hybridized carbons (Fsp3) is 0.538. The van der Waals surface area contributed by atoms with Gasteiger partial charge in [-0.15, -0.1) is 11.6 Å². The van der Waals surface area contributed by atoms with Gasteiger partial charge in [0.1, 0.15) is 0 Å². The van der Waals surface area contributed by atoms with Crippen LogP contribution in [0.25, 0.3) is 0 Å². The molecule has 18 heavy (non-hydrogen) atoms. The minimum absolute atomic E-state index is 0.355. The van der Waals surface area contributed by atoms with Crippen molar-refractivity contribution in [1.82, 2.24) is 0 Å². The Kier molecular flexibility index (Phi) is 4.17. The molecule has 0 radical (unpaired) electrons. The molecule has 5 heteroatoms. The van der Waals surface area contributed by atoms with Crippen molar-refractivity contribution in [2.24, 2.45) is 5.92 Å². The number of alkyl halides is 1. The summed E-state index contributed by atoms with van der Waals surface area (Å²) in [6.45, 7) is 0. The highest BCUT2D eigenvalue weighted by molar-refractivity contribution is 7.90. The monoisotopic (exact) mass is 287 g/mol. The molecule has 0 saturated heterocycles. The molecule has 0 amide bonds. The van der Waals surface area contributed by atoms with Gasteiger partial charge in [-0.2, -0.15) is 0 Å². The van der Waals surface area contributed by atoms with E-state index in [0.717, 1.165) is 12.1 Å². The third-order valence-corrected chi connectivity index (χ3v) is 5.02. The van der Waals surface area contributed by atoms with Gasteiger partial charge in [-0.25, -0.2) is 8.42 Å². The minimum Gasteiger partial charge on any atom is -0.382 e. The molecule has 1 aliphatic rings. The van der Waals surface area contributed by atoms with Crippen LogP contribution in [0, 0.1) is 5.92 Å². The molecule has 100 valence electrons. The Morgan fingerprint density at radius 2 is 1.94 bits per heavy atom. The van der Waals surface area contributed by atoms with Crippen molar-refractivity contribution in [3.8, 4) is 0 Å². The Balaban J connectivity index is 2.07. The lowest BCUT2D eigenvalue weighted by molar-refractivity contribution is 0.562. The van der Waals surface area contributed by atoms with Gasteiger partial charge >= 0.3 is 0 Å². The minimum atomic E-state index is -3.11. The smallest absolute Gasteiger partial charge is 0.175 e. The molecule has 0 aromatic heterocycles. The molecule has 2 atom stereocenters. The molecule has 0 spiro atoms. The lowest BCUT2D eigenvalue weighted by Crippen LogP contribution is -2.24. The van der Waals surface area contributed by atoms with Crippen LogP contribution in [0.15, 0.2) is 29.2 Å². The van der Waals surface area contributed by atoms with E-state index < -0.39 is 9.84 Å². The zero-order valence-corrected chi connectivity index (χ0v) is 12.0. The zero-order chi connectivity index (χ0) is 13.2. The quantitative estimate of drug-likeness (QED) is 0.866. The van der Waals surface area contributed by atoms with E-state index in [-0.39, 0.29) is 0 Å². The van der Waals surface area contributed by atoms with Gasteiger partial charge in [-0.1, -0.05) is 6.42 Å². The van der Waals surface area contributed by atoms with Crippen LogP contribution in [0.5, 0.6) is 0 Å². The summed E-state index contributed by atoms with van der Waals surface area (Å²) < 4.78 is 22.7. The fourth-order valence-electron chi connectivity index (χ4n) is 2.42. The van der Waals surface area contributed by atoms with Gasteiger partial charge in [0.15, 0.2) is 9.84 Å². The molecular weight excluding hydrogens is 270 g/mol. The maximum absolute atomic E-state index is 11.3. The van der Waals surface area contributed by atoms with Gasteiger partial charge in [0.25, 0.3) is 0 Å². The van der Waals surface area contributed by atoms with E-state index in [2.05, 4.69) is 5.32 Å². The highest BCUT2D eigenvalue weighted by atomic mass is 35.5. The van der Waals surface area contributed by atoms with Crippen LogP contribution in [0.1, 0.15) is 19.3 Å². The average Bonchev–Trinajstić information content (AvgIpc) is 2.76. The molecule has 3 nitrogen and oxygen atoms in total. The Morgan fingerprint density at radius 3 is 2.50 bits per heavy atom. The van der Waals surface area contributed by atoms with Crippen molar-refractivity contribution >= 4 is 27.1 Å². The van der Waals surface area contributed by atoms with E-state index in [4.69, 9.17) is 11.6 Å². The summed E-state index contributed by atoms with van der Waals surface area (Å²) in [5, 5.41) is 3.44. The molecule has 0 bridgehead atoms. The SMILES string of the molecule is CS(=O)(=O)c1ccc(NC2CCCC2CCl)cc1. The first-order valence-electron chi connectivity index (χ1n) is 6.13. The molecule has 1 aromatic rings. The number of benzene rings is 1. The van der Waals surface area contributed by atoms with E-state index in [0.29, 0.717) is 22.7 Å². The first kappa shape index (κ1) is 13.7. The Morgan fingerprint density at radius 1 is 1.28 bits per heavy atom. The number of halogens is 1. The molecule has 0 heterocycles. The van der Waals surface area contributed by atoms with E-state index in [1.165, 1.54) is 19.1 Å². The summed E-state index contributed by atoms with van der Waals surface area (Å²) in [5.41, 5.74) is 0.962. The molecular formula is C13H18ClNO2S. The second-order valence-corrected chi connectivity index (χ2v) is 7.22. The van der Waals surface area contributed by atoms with E-state index in [9.17, 15) is 8.42 Å². The molecule has 1 fully saturated rings. The molecule has 1 saturated carbocycles. The largest absolute Gasteiger partial charge is 0.382 e. The van der Waals surface area contributed by atoms with Crippen molar-refractivity contribution in [2.45, 2.75) is 30.2 Å². The Labute approximate surface area is 113 Å². The lowest BCUT2D eigenvalue weighted by Gasteiger charge is -2.20. The number of sulfone groups is 1. The van der Waals surface area contributed by atoms with Crippen LogP contribution in [0.4, 0.5) is 5.69 Å². The summed E-state index contributed by atoms with van der Waals surface area (Å²) in [5.74, 6) is 1.19. The average molecular weight is 288 g/mol. The molecule has 1 aliphatic carbocycles. The van der Waals surface area contributed by atoms with Gasteiger partial charge in [-0.3, -0.25) is 0 Å². The van der Waals surface area contributed by atoms with Gasteiger partial charge in [0.2, 0.25) is 0 Å². The van der Waals surface area contributed by atoms with Crippen molar-refractivity contribution in [3.63, 3.8) is 0 Å². The third kappa shape index (κ3) is 3.18. The third-order valence-electron chi connectivity index (χ3n) is 3.49. The van der Waals surface area contributed by atoms with Crippen molar-refractivity contribution < 1.29 is 8.42 Å². The topological polar surface area (TPSA) is 46.2 Å².